The van der Waals surface area contributed by atoms with E-state index in [0.717, 1.165) is 0 Å². The number of nitrogen functional groups attached to an aromatic ring is 1. The zero-order chi connectivity index (χ0) is 20.8. The summed E-state index contributed by atoms with van der Waals surface area (Å²) in [6, 6.07) is 18.7. The molecule has 0 spiro atoms. The van der Waals surface area contributed by atoms with Crippen LogP contribution in [0.2, 0.25) is 10.0 Å². The molecule has 0 saturated heterocycles. The minimum Gasteiger partial charge on any atom is -0.397 e. The molecule has 3 aromatic rings. The Kier molecular flexibility index (Phi) is 6.59. The van der Waals surface area contributed by atoms with Gasteiger partial charge in [0.15, 0.2) is 0 Å². The van der Waals surface area contributed by atoms with Crippen LogP contribution in [-0.2, 0) is 4.79 Å². The van der Waals surface area contributed by atoms with Crippen molar-refractivity contribution in [3.05, 3.63) is 82.3 Å². The normalized spacial score (nSPS) is 10.3. The van der Waals surface area contributed by atoms with Gasteiger partial charge in [-0.2, -0.15) is 0 Å². The van der Waals surface area contributed by atoms with E-state index in [1.807, 2.05) is 0 Å². The van der Waals surface area contributed by atoms with Crippen LogP contribution in [0.1, 0.15) is 10.4 Å². The quantitative estimate of drug-likeness (QED) is 0.420. The van der Waals surface area contributed by atoms with Gasteiger partial charge in [-0.25, -0.2) is 0 Å². The summed E-state index contributed by atoms with van der Waals surface area (Å²) in [5.41, 5.74) is 8.39. The average molecular weight is 429 g/mol. The van der Waals surface area contributed by atoms with Crippen molar-refractivity contribution in [1.29, 1.82) is 0 Å². The van der Waals surface area contributed by atoms with Gasteiger partial charge in [0.05, 0.1) is 33.7 Å². The number of nitrogens with one attached hydrogen (secondary N) is 3. The highest BCUT2D eigenvalue weighted by atomic mass is 35.5. The number of halogens is 2. The van der Waals surface area contributed by atoms with Crippen molar-refractivity contribution in [1.82, 2.24) is 0 Å². The van der Waals surface area contributed by atoms with Gasteiger partial charge in [0, 0.05) is 11.3 Å². The number of benzene rings is 3. The summed E-state index contributed by atoms with van der Waals surface area (Å²) in [6.07, 6.45) is 0. The van der Waals surface area contributed by atoms with Crippen molar-refractivity contribution in [3.63, 3.8) is 0 Å². The first-order valence-electron chi connectivity index (χ1n) is 8.67. The molecule has 0 bridgehead atoms. The Labute approximate surface area is 178 Å². The van der Waals surface area contributed by atoms with E-state index in [1.54, 1.807) is 66.7 Å². The van der Waals surface area contributed by atoms with Gasteiger partial charge in [-0.15, -0.1) is 0 Å². The fraction of sp³-hybridized carbons (Fsp3) is 0.0476. The van der Waals surface area contributed by atoms with Crippen molar-refractivity contribution in [2.24, 2.45) is 0 Å². The van der Waals surface area contributed by atoms with E-state index in [4.69, 9.17) is 28.9 Å². The summed E-state index contributed by atoms with van der Waals surface area (Å²) in [6.45, 7) is 0.00758. The number of rotatable bonds is 6. The monoisotopic (exact) mass is 428 g/mol. The predicted octanol–water partition coefficient (Wildman–Crippen LogP) is 4.88. The molecule has 2 amide bonds. The Morgan fingerprint density at radius 2 is 1.48 bits per heavy atom. The van der Waals surface area contributed by atoms with Crippen LogP contribution in [0.5, 0.6) is 0 Å². The molecule has 0 fully saturated rings. The van der Waals surface area contributed by atoms with Gasteiger partial charge in [0.25, 0.3) is 5.91 Å². The summed E-state index contributed by atoms with van der Waals surface area (Å²) < 4.78 is 0. The molecule has 5 N–H and O–H groups in total. The van der Waals surface area contributed by atoms with Crippen LogP contribution >= 0.6 is 23.2 Å². The number of para-hydroxylation sites is 3. The summed E-state index contributed by atoms with van der Waals surface area (Å²) in [5, 5.41) is 9.13. The van der Waals surface area contributed by atoms with E-state index in [2.05, 4.69) is 16.0 Å². The molecule has 0 unspecified atom stereocenters. The number of carbonyl (C=O) groups excluding carboxylic acids is 2. The lowest BCUT2D eigenvalue weighted by atomic mass is 10.2. The molecular formula is C21H18Cl2N4O2. The van der Waals surface area contributed by atoms with Crippen molar-refractivity contribution in [2.45, 2.75) is 0 Å². The third-order valence-electron chi connectivity index (χ3n) is 4.04. The fourth-order valence-electron chi connectivity index (χ4n) is 2.53. The highest BCUT2D eigenvalue weighted by molar-refractivity contribution is 6.39. The predicted molar refractivity (Wildman–Crippen MR) is 119 cm³/mol. The lowest BCUT2D eigenvalue weighted by Crippen LogP contribution is -2.22. The van der Waals surface area contributed by atoms with Crippen LogP contribution < -0.4 is 21.7 Å². The fourth-order valence-corrected chi connectivity index (χ4v) is 3.02. The molecule has 0 saturated carbocycles. The lowest BCUT2D eigenvalue weighted by Gasteiger charge is -2.11. The zero-order valence-corrected chi connectivity index (χ0v) is 16.7. The molecular weight excluding hydrogens is 411 g/mol. The molecule has 0 aliphatic heterocycles. The molecule has 0 aliphatic rings. The minimum absolute atomic E-state index is 0.00758. The maximum Gasteiger partial charge on any atom is 0.255 e. The first-order valence-corrected chi connectivity index (χ1v) is 9.43. The van der Waals surface area contributed by atoms with E-state index in [-0.39, 0.29) is 18.4 Å². The average Bonchev–Trinajstić information content (AvgIpc) is 2.71. The first kappa shape index (κ1) is 20.5. The number of amides is 2. The zero-order valence-electron chi connectivity index (χ0n) is 15.2. The standard InChI is InChI=1S/C21H18Cl2N4O2/c22-15-4-3-5-16(23)20(15)27-19(28)12-25-14-10-8-13(9-11-14)21(29)26-18-7-2-1-6-17(18)24/h1-11,25H,12,24H2,(H,26,29)(H,27,28). The highest BCUT2D eigenvalue weighted by Gasteiger charge is 2.10. The SMILES string of the molecule is Nc1ccccc1NC(=O)c1ccc(NCC(=O)Nc2c(Cl)cccc2Cl)cc1. The molecule has 0 radical (unpaired) electrons. The maximum atomic E-state index is 12.3. The molecule has 3 rings (SSSR count). The number of hydrogen-bond acceptors (Lipinski definition) is 4. The second-order valence-corrected chi connectivity index (χ2v) is 6.93. The van der Waals surface area contributed by atoms with Crippen LogP contribution in [0.25, 0.3) is 0 Å². The van der Waals surface area contributed by atoms with Gasteiger partial charge in [-0.05, 0) is 48.5 Å². The molecule has 8 heteroatoms. The van der Waals surface area contributed by atoms with Crippen molar-refractivity contribution in [3.8, 4) is 0 Å². The van der Waals surface area contributed by atoms with Crippen LogP contribution in [0.3, 0.4) is 0 Å². The van der Waals surface area contributed by atoms with Crippen LogP contribution in [0.15, 0.2) is 66.7 Å². The largest absolute Gasteiger partial charge is 0.397 e. The van der Waals surface area contributed by atoms with Crippen molar-refractivity contribution in [2.75, 3.05) is 28.2 Å². The summed E-state index contributed by atoms with van der Waals surface area (Å²) in [4.78, 5) is 24.5. The summed E-state index contributed by atoms with van der Waals surface area (Å²) in [7, 11) is 0. The van der Waals surface area contributed by atoms with Gasteiger partial charge >= 0.3 is 0 Å². The number of carbonyl (C=O) groups is 2. The lowest BCUT2D eigenvalue weighted by molar-refractivity contribution is -0.114. The summed E-state index contributed by atoms with van der Waals surface area (Å²) in [5.74, 6) is -0.582. The van der Waals surface area contributed by atoms with Gasteiger partial charge in [0.1, 0.15) is 0 Å². The number of anilines is 4. The van der Waals surface area contributed by atoms with E-state index in [9.17, 15) is 9.59 Å². The Hall–Kier alpha value is -3.22. The Balaban J connectivity index is 1.56. The summed E-state index contributed by atoms with van der Waals surface area (Å²) >= 11 is 12.1. The highest BCUT2D eigenvalue weighted by Crippen LogP contribution is 2.29. The van der Waals surface area contributed by atoms with Crippen molar-refractivity contribution < 1.29 is 9.59 Å². The van der Waals surface area contributed by atoms with E-state index < -0.39 is 0 Å². The van der Waals surface area contributed by atoms with E-state index in [0.29, 0.717) is 38.4 Å². The third kappa shape index (κ3) is 5.40. The van der Waals surface area contributed by atoms with Gasteiger partial charge < -0.3 is 21.7 Å². The van der Waals surface area contributed by atoms with Crippen molar-refractivity contribution >= 4 is 57.8 Å². The second-order valence-electron chi connectivity index (χ2n) is 6.12. The van der Waals surface area contributed by atoms with Crippen LogP contribution in [0.4, 0.5) is 22.7 Å². The molecule has 0 aliphatic carbocycles. The molecule has 0 heterocycles. The molecule has 29 heavy (non-hydrogen) atoms. The number of nitrogens with two attached hydrogens (primary N) is 1. The van der Waals surface area contributed by atoms with Gasteiger partial charge in [0.2, 0.25) is 5.91 Å². The molecule has 3 aromatic carbocycles. The minimum atomic E-state index is -0.304. The topological polar surface area (TPSA) is 96.2 Å². The molecule has 148 valence electrons. The molecule has 0 atom stereocenters. The Morgan fingerprint density at radius 1 is 0.828 bits per heavy atom. The molecule has 6 nitrogen and oxygen atoms in total. The molecule has 0 aromatic heterocycles. The van der Waals surface area contributed by atoms with Gasteiger partial charge in [-0.3, -0.25) is 9.59 Å². The van der Waals surface area contributed by atoms with E-state index >= 15 is 0 Å². The maximum absolute atomic E-state index is 12.3. The Morgan fingerprint density at radius 3 is 2.14 bits per heavy atom. The second kappa shape index (κ2) is 9.32. The first-order chi connectivity index (χ1) is 13.9. The van der Waals surface area contributed by atoms with E-state index in [1.165, 1.54) is 0 Å². The Bertz CT molecular complexity index is 1020. The smallest absolute Gasteiger partial charge is 0.255 e. The van der Waals surface area contributed by atoms with Gasteiger partial charge in [-0.1, -0.05) is 41.4 Å². The number of hydrogen-bond donors (Lipinski definition) is 4. The van der Waals surface area contributed by atoms with Crippen LogP contribution in [-0.4, -0.2) is 18.4 Å². The third-order valence-corrected chi connectivity index (χ3v) is 4.67. The van der Waals surface area contributed by atoms with Crippen LogP contribution in [0, 0.1) is 0 Å².